The zero-order valence-electron chi connectivity index (χ0n) is 16.3. The summed E-state index contributed by atoms with van der Waals surface area (Å²) in [5, 5.41) is 9.33. The maximum absolute atomic E-state index is 12.6. The summed E-state index contributed by atoms with van der Waals surface area (Å²) < 4.78 is 0. The molecule has 0 spiro atoms. The lowest BCUT2D eigenvalue weighted by atomic mass is 10.1. The van der Waals surface area contributed by atoms with Crippen LogP contribution in [0.25, 0.3) is 11.3 Å². The first-order chi connectivity index (χ1) is 14.3. The van der Waals surface area contributed by atoms with E-state index in [4.69, 9.17) is 0 Å². The van der Waals surface area contributed by atoms with Crippen LogP contribution in [0, 0.1) is 0 Å². The van der Waals surface area contributed by atoms with Crippen molar-refractivity contribution in [3.63, 3.8) is 0 Å². The number of carbonyl (C=O) groups excluding carboxylic acids is 1. The van der Waals surface area contributed by atoms with Gasteiger partial charge in [-0.3, -0.25) is 9.69 Å². The van der Waals surface area contributed by atoms with Gasteiger partial charge < -0.3 is 4.90 Å². The molecular weight excluding hydrogens is 380 g/mol. The number of amides is 1. The van der Waals surface area contributed by atoms with Crippen molar-refractivity contribution in [2.75, 3.05) is 31.9 Å². The van der Waals surface area contributed by atoms with Crippen molar-refractivity contribution in [2.45, 2.75) is 11.6 Å². The minimum atomic E-state index is 0.170. The van der Waals surface area contributed by atoms with Crippen molar-refractivity contribution < 1.29 is 4.79 Å². The van der Waals surface area contributed by atoms with Crippen LogP contribution in [0.1, 0.15) is 5.56 Å². The van der Waals surface area contributed by atoms with E-state index in [1.165, 1.54) is 17.3 Å². The molecule has 0 saturated carbocycles. The molecule has 1 aliphatic rings. The molecule has 5 nitrogen and oxygen atoms in total. The van der Waals surface area contributed by atoms with Gasteiger partial charge in [-0.05, 0) is 17.7 Å². The van der Waals surface area contributed by atoms with Crippen molar-refractivity contribution >= 4 is 17.7 Å². The lowest BCUT2D eigenvalue weighted by Gasteiger charge is -2.34. The highest BCUT2D eigenvalue weighted by atomic mass is 32.2. The number of hydrogen-bond acceptors (Lipinski definition) is 5. The standard InChI is InChI=1S/C23H24N4OS/c28-23(27-15-13-26(14-16-27)17-19-7-3-1-4-8-19)18-29-22-12-11-21(24-25-22)20-9-5-2-6-10-20/h1-12H,13-18H2. The zero-order valence-corrected chi connectivity index (χ0v) is 17.1. The summed E-state index contributed by atoms with van der Waals surface area (Å²) in [6.45, 7) is 4.34. The molecule has 29 heavy (non-hydrogen) atoms. The second kappa shape index (κ2) is 9.67. The number of piperazine rings is 1. The Bertz CT molecular complexity index is 911. The number of benzene rings is 2. The fourth-order valence-electron chi connectivity index (χ4n) is 3.38. The Morgan fingerprint density at radius 3 is 2.17 bits per heavy atom. The molecule has 1 aliphatic heterocycles. The highest BCUT2D eigenvalue weighted by molar-refractivity contribution is 7.99. The van der Waals surface area contributed by atoms with E-state index in [2.05, 4.69) is 39.4 Å². The Hall–Kier alpha value is -2.70. The molecule has 2 heterocycles. The summed E-state index contributed by atoms with van der Waals surface area (Å²) in [4.78, 5) is 16.9. The summed E-state index contributed by atoms with van der Waals surface area (Å²) in [6, 6.07) is 24.3. The van der Waals surface area contributed by atoms with Gasteiger partial charge in [0.1, 0.15) is 5.03 Å². The molecule has 0 unspecified atom stereocenters. The number of thioether (sulfide) groups is 1. The van der Waals surface area contributed by atoms with E-state index in [0.717, 1.165) is 49.0 Å². The lowest BCUT2D eigenvalue weighted by molar-refractivity contribution is -0.130. The second-order valence-corrected chi connectivity index (χ2v) is 8.05. The highest BCUT2D eigenvalue weighted by Crippen LogP contribution is 2.20. The number of aromatic nitrogens is 2. The van der Waals surface area contributed by atoms with Crippen LogP contribution in [0.5, 0.6) is 0 Å². The topological polar surface area (TPSA) is 49.3 Å². The lowest BCUT2D eigenvalue weighted by Crippen LogP contribution is -2.48. The van der Waals surface area contributed by atoms with Crippen LogP contribution in [0.3, 0.4) is 0 Å². The van der Waals surface area contributed by atoms with E-state index in [0.29, 0.717) is 5.75 Å². The summed E-state index contributed by atoms with van der Waals surface area (Å²) in [5.41, 5.74) is 3.21. The number of rotatable bonds is 6. The molecule has 0 bridgehead atoms. The predicted molar refractivity (Wildman–Crippen MR) is 116 cm³/mol. The molecule has 1 amide bonds. The van der Waals surface area contributed by atoms with E-state index in [9.17, 15) is 4.79 Å². The van der Waals surface area contributed by atoms with Gasteiger partial charge in [-0.25, -0.2) is 0 Å². The number of carbonyl (C=O) groups is 1. The predicted octanol–water partition coefficient (Wildman–Crippen LogP) is 3.58. The largest absolute Gasteiger partial charge is 0.339 e. The van der Waals surface area contributed by atoms with E-state index in [1.54, 1.807) is 0 Å². The third-order valence-electron chi connectivity index (χ3n) is 5.03. The Morgan fingerprint density at radius 1 is 0.828 bits per heavy atom. The van der Waals surface area contributed by atoms with Gasteiger partial charge in [0.05, 0.1) is 11.4 Å². The van der Waals surface area contributed by atoms with Gasteiger partial charge in [0.2, 0.25) is 5.91 Å². The minimum Gasteiger partial charge on any atom is -0.339 e. The Labute approximate surface area is 175 Å². The van der Waals surface area contributed by atoms with Crippen LogP contribution in [0.4, 0.5) is 0 Å². The first kappa shape index (κ1) is 19.6. The Balaban J connectivity index is 1.23. The van der Waals surface area contributed by atoms with Crippen LogP contribution >= 0.6 is 11.8 Å². The number of nitrogens with zero attached hydrogens (tertiary/aromatic N) is 4. The molecule has 6 heteroatoms. The normalized spacial score (nSPS) is 14.7. The van der Waals surface area contributed by atoms with Crippen molar-refractivity contribution in [3.05, 3.63) is 78.4 Å². The van der Waals surface area contributed by atoms with Crippen molar-refractivity contribution in [3.8, 4) is 11.3 Å². The van der Waals surface area contributed by atoms with Gasteiger partial charge in [-0.1, -0.05) is 72.4 Å². The summed E-state index contributed by atoms with van der Waals surface area (Å²) in [5.74, 6) is 0.571. The van der Waals surface area contributed by atoms with Gasteiger partial charge in [0.25, 0.3) is 0 Å². The monoisotopic (exact) mass is 404 g/mol. The third-order valence-corrected chi connectivity index (χ3v) is 5.93. The average Bonchev–Trinajstić information content (AvgIpc) is 2.80. The van der Waals surface area contributed by atoms with Crippen molar-refractivity contribution in [1.82, 2.24) is 20.0 Å². The Kier molecular flexibility index (Phi) is 6.54. The van der Waals surface area contributed by atoms with E-state index in [1.807, 2.05) is 53.4 Å². The quantitative estimate of drug-likeness (QED) is 0.588. The molecule has 2 aromatic carbocycles. The van der Waals surface area contributed by atoms with E-state index >= 15 is 0 Å². The van der Waals surface area contributed by atoms with Crippen molar-refractivity contribution in [2.24, 2.45) is 0 Å². The third kappa shape index (κ3) is 5.43. The smallest absolute Gasteiger partial charge is 0.233 e. The molecule has 4 rings (SSSR count). The number of hydrogen-bond donors (Lipinski definition) is 0. The van der Waals surface area contributed by atoms with Crippen LogP contribution in [-0.2, 0) is 11.3 Å². The molecule has 1 fully saturated rings. The first-order valence-electron chi connectivity index (χ1n) is 9.84. The van der Waals surface area contributed by atoms with Crippen molar-refractivity contribution in [1.29, 1.82) is 0 Å². The second-order valence-electron chi connectivity index (χ2n) is 7.05. The summed E-state index contributed by atoms with van der Waals surface area (Å²) in [7, 11) is 0. The van der Waals surface area contributed by atoms with Crippen LogP contribution in [0.2, 0.25) is 0 Å². The van der Waals surface area contributed by atoms with E-state index < -0.39 is 0 Å². The molecule has 0 aliphatic carbocycles. The van der Waals surface area contributed by atoms with Crippen LogP contribution in [0.15, 0.2) is 77.8 Å². The van der Waals surface area contributed by atoms with Gasteiger partial charge >= 0.3 is 0 Å². The molecule has 0 N–H and O–H groups in total. The van der Waals surface area contributed by atoms with Gasteiger partial charge in [-0.15, -0.1) is 10.2 Å². The van der Waals surface area contributed by atoms with Gasteiger partial charge in [0.15, 0.2) is 0 Å². The van der Waals surface area contributed by atoms with Crippen LogP contribution in [-0.4, -0.2) is 57.8 Å². The fraction of sp³-hybridized carbons (Fsp3) is 0.261. The van der Waals surface area contributed by atoms with Gasteiger partial charge in [0, 0.05) is 38.3 Å². The molecule has 1 aromatic heterocycles. The molecule has 148 valence electrons. The summed E-state index contributed by atoms with van der Waals surface area (Å²) in [6.07, 6.45) is 0. The maximum atomic E-state index is 12.6. The average molecular weight is 405 g/mol. The highest BCUT2D eigenvalue weighted by Gasteiger charge is 2.21. The molecule has 0 atom stereocenters. The van der Waals surface area contributed by atoms with Gasteiger partial charge in [-0.2, -0.15) is 0 Å². The SMILES string of the molecule is O=C(CSc1ccc(-c2ccccc2)nn1)N1CCN(Cc2ccccc2)CC1. The van der Waals surface area contributed by atoms with E-state index in [-0.39, 0.29) is 5.91 Å². The molecular formula is C23H24N4OS. The zero-order chi connectivity index (χ0) is 19.9. The van der Waals surface area contributed by atoms with Crippen LogP contribution < -0.4 is 0 Å². The first-order valence-corrected chi connectivity index (χ1v) is 10.8. The Morgan fingerprint density at radius 2 is 1.52 bits per heavy atom. The molecule has 3 aromatic rings. The summed E-state index contributed by atoms with van der Waals surface area (Å²) >= 11 is 1.45. The fourth-order valence-corrected chi connectivity index (χ4v) is 4.10. The minimum absolute atomic E-state index is 0.170. The maximum Gasteiger partial charge on any atom is 0.233 e. The molecule has 1 saturated heterocycles. The molecule has 0 radical (unpaired) electrons.